The van der Waals surface area contributed by atoms with Gasteiger partial charge >= 0.3 is 0 Å². The summed E-state index contributed by atoms with van der Waals surface area (Å²) in [5, 5.41) is 3.85. The summed E-state index contributed by atoms with van der Waals surface area (Å²) in [6.45, 7) is 0. The third-order valence-electron chi connectivity index (χ3n) is 0.708. The van der Waals surface area contributed by atoms with E-state index in [9.17, 15) is 13.0 Å². The quantitative estimate of drug-likeness (QED) is 0.341. The summed E-state index contributed by atoms with van der Waals surface area (Å²) < 4.78 is 32.8. The molecule has 0 aliphatic heterocycles. The van der Waals surface area contributed by atoms with E-state index in [1.807, 2.05) is 12.6 Å². The minimum atomic E-state index is -4.41. The summed E-state index contributed by atoms with van der Waals surface area (Å²) >= 11 is 1.59. The zero-order valence-electron chi connectivity index (χ0n) is 6.50. The Hall–Kier alpha value is -0.570. The van der Waals surface area contributed by atoms with Crippen LogP contribution in [0.2, 0.25) is 0 Å². The highest BCUT2D eigenvalue weighted by Gasteiger charge is 1.84. The molecule has 8 heteroatoms. The van der Waals surface area contributed by atoms with Crippen LogP contribution in [0.5, 0.6) is 0 Å². The average molecular weight is 212 g/mol. The van der Waals surface area contributed by atoms with Gasteiger partial charge in [-0.25, -0.2) is 8.42 Å². The van der Waals surface area contributed by atoms with Crippen molar-refractivity contribution in [2.45, 2.75) is 0 Å². The highest BCUT2D eigenvalue weighted by atomic mass is 32.3. The summed E-state index contributed by atoms with van der Waals surface area (Å²) in [5.41, 5.74) is 3.72. The van der Waals surface area contributed by atoms with E-state index < -0.39 is 10.4 Å². The van der Waals surface area contributed by atoms with Gasteiger partial charge in [0.25, 0.3) is 5.51 Å². The molecule has 0 bridgehead atoms. The number of rotatable bonds is 1. The van der Waals surface area contributed by atoms with Gasteiger partial charge < -0.3 is 4.55 Å². The number of nitrogens with zero attached hydrogens (tertiary/aromatic N) is 2. The molecule has 0 aliphatic carbocycles. The van der Waals surface area contributed by atoms with Gasteiger partial charge in [-0.2, -0.15) is 0 Å². The van der Waals surface area contributed by atoms with Crippen LogP contribution in [-0.4, -0.2) is 25.2 Å². The maximum atomic E-state index is 9.22. The van der Waals surface area contributed by atoms with E-state index >= 15 is 0 Å². The molecule has 12 heavy (non-hydrogen) atoms. The van der Waals surface area contributed by atoms with Crippen LogP contribution in [0.3, 0.4) is 0 Å². The van der Waals surface area contributed by atoms with E-state index in [2.05, 4.69) is 9.28 Å². The lowest BCUT2D eigenvalue weighted by molar-refractivity contribution is -0.725. The first-order valence-electron chi connectivity index (χ1n) is 2.71. The minimum Gasteiger partial charge on any atom is -0.726 e. The van der Waals surface area contributed by atoms with Gasteiger partial charge in [0.15, 0.2) is 12.6 Å². The fourth-order valence-electron chi connectivity index (χ4n) is 0.244. The molecular weight excluding hydrogens is 204 g/mol. The number of aromatic nitrogens is 2. The first kappa shape index (κ1) is 11.4. The summed E-state index contributed by atoms with van der Waals surface area (Å²) in [7, 11) is -1.70. The molecule has 0 aromatic carbocycles. The third kappa shape index (κ3) is 7.54. The molecule has 0 atom stereocenters. The molecule has 0 aliphatic rings. The van der Waals surface area contributed by atoms with Gasteiger partial charge in [0, 0.05) is 5.10 Å². The molecule has 1 aromatic rings. The predicted molar refractivity (Wildman–Crippen MR) is 40.0 cm³/mol. The average Bonchev–Trinajstić information content (AvgIpc) is 2.39. The normalized spacial score (nSPS) is 10.2. The summed E-state index contributed by atoms with van der Waals surface area (Å²) in [6.07, 6.45) is 0. The second kappa shape index (κ2) is 5.14. The first-order chi connectivity index (χ1) is 5.45. The largest absolute Gasteiger partial charge is 0.726 e. The van der Waals surface area contributed by atoms with E-state index in [0.717, 1.165) is 7.11 Å². The third-order valence-corrected chi connectivity index (χ3v) is 1.76. The summed E-state index contributed by atoms with van der Waals surface area (Å²) in [6, 6.07) is 0. The van der Waals surface area contributed by atoms with E-state index in [-0.39, 0.29) is 0 Å². The standard InChI is InChI=1S/C3H5N2S.CH4O4S/c1-5-3-6-2-4-5;1-5-6(2,3)4/h2-3H,1H3;1H3,(H,2,3,4)/q+1;/p-1. The van der Waals surface area contributed by atoms with Crippen molar-refractivity contribution >= 4 is 21.7 Å². The monoisotopic (exact) mass is 212 g/mol. The van der Waals surface area contributed by atoms with Gasteiger partial charge in [0.2, 0.25) is 10.4 Å². The molecule has 70 valence electrons. The van der Waals surface area contributed by atoms with Crippen LogP contribution in [0.1, 0.15) is 0 Å². The van der Waals surface area contributed by atoms with Gasteiger partial charge in [0.1, 0.15) is 0 Å². The smallest absolute Gasteiger partial charge is 0.252 e. The summed E-state index contributed by atoms with van der Waals surface area (Å²) in [4.78, 5) is 0. The molecule has 0 amide bonds. The molecule has 0 unspecified atom stereocenters. The molecule has 1 heterocycles. The Labute approximate surface area is 74.4 Å². The second-order valence-corrected chi connectivity index (χ2v) is 3.45. The number of hydrogen-bond donors (Lipinski definition) is 0. The Morgan fingerprint density at radius 1 is 1.67 bits per heavy atom. The Morgan fingerprint density at radius 3 is 2.25 bits per heavy atom. The highest BCUT2D eigenvalue weighted by Crippen LogP contribution is 1.78. The van der Waals surface area contributed by atoms with E-state index in [1.165, 1.54) is 0 Å². The van der Waals surface area contributed by atoms with Crippen LogP contribution < -0.4 is 4.68 Å². The lowest BCUT2D eigenvalue weighted by Gasteiger charge is -1.98. The zero-order chi connectivity index (χ0) is 9.61. The number of hydrogen-bond acceptors (Lipinski definition) is 6. The highest BCUT2D eigenvalue weighted by molar-refractivity contribution is 7.80. The van der Waals surface area contributed by atoms with Gasteiger partial charge in [-0.1, -0.05) is 16.0 Å². The van der Waals surface area contributed by atoms with Gasteiger partial charge in [-0.3, -0.25) is 4.18 Å². The number of aryl methyl sites for hydroxylation is 1. The van der Waals surface area contributed by atoms with Gasteiger partial charge in [-0.05, 0) is 0 Å². The fraction of sp³-hybridized carbons (Fsp3) is 0.500. The van der Waals surface area contributed by atoms with Crippen molar-refractivity contribution in [3.05, 3.63) is 11.0 Å². The molecule has 6 nitrogen and oxygen atoms in total. The predicted octanol–water partition coefficient (Wildman–Crippen LogP) is -0.939. The molecule has 0 fully saturated rings. The van der Waals surface area contributed by atoms with E-state index in [4.69, 9.17) is 0 Å². The van der Waals surface area contributed by atoms with Crippen LogP contribution >= 0.6 is 11.3 Å². The minimum absolute atomic E-state index is 0.808. The molecular formula is C4H8N2O4S2. The van der Waals surface area contributed by atoms with Crippen molar-refractivity contribution < 1.29 is 21.8 Å². The van der Waals surface area contributed by atoms with Crippen LogP contribution in [0, 0.1) is 0 Å². The molecule has 1 aromatic heterocycles. The van der Waals surface area contributed by atoms with E-state index in [0.29, 0.717) is 0 Å². The molecule has 1 rings (SSSR count). The first-order valence-corrected chi connectivity index (χ1v) is 4.99. The Bertz CT molecular complexity index is 293. The van der Waals surface area contributed by atoms with Crippen LogP contribution in [0.4, 0.5) is 0 Å². The Kier molecular flexibility index (Phi) is 4.90. The van der Waals surface area contributed by atoms with Crippen LogP contribution in [0.25, 0.3) is 0 Å². The van der Waals surface area contributed by atoms with Crippen molar-refractivity contribution in [3.63, 3.8) is 0 Å². The maximum absolute atomic E-state index is 9.22. The lowest BCUT2D eigenvalue weighted by Crippen LogP contribution is -2.27. The van der Waals surface area contributed by atoms with Gasteiger partial charge in [-0.15, -0.1) is 0 Å². The fourth-order valence-corrected chi connectivity index (χ4v) is 0.732. The van der Waals surface area contributed by atoms with Crippen molar-refractivity contribution in [2.24, 2.45) is 7.05 Å². The maximum Gasteiger partial charge on any atom is 0.252 e. The topological polar surface area (TPSA) is 83.2 Å². The molecule has 0 saturated carbocycles. The molecule has 0 saturated heterocycles. The lowest BCUT2D eigenvalue weighted by atomic mass is 11.3. The molecule has 0 N–H and O–H groups in total. The van der Waals surface area contributed by atoms with Crippen molar-refractivity contribution in [1.29, 1.82) is 0 Å². The Balaban J connectivity index is 0.000000202. The van der Waals surface area contributed by atoms with Gasteiger partial charge in [0.05, 0.1) is 7.11 Å². The molecule has 0 radical (unpaired) electrons. The second-order valence-electron chi connectivity index (χ2n) is 1.61. The molecule has 0 spiro atoms. The SMILES string of the molecule is COS(=O)(=O)[O-].C[n+]1cscn1. The van der Waals surface area contributed by atoms with Crippen LogP contribution in [0.15, 0.2) is 11.0 Å². The van der Waals surface area contributed by atoms with Crippen LogP contribution in [-0.2, 0) is 21.6 Å². The Morgan fingerprint density at radius 2 is 2.17 bits per heavy atom. The zero-order valence-corrected chi connectivity index (χ0v) is 8.13. The summed E-state index contributed by atoms with van der Waals surface area (Å²) in [5.74, 6) is 0. The van der Waals surface area contributed by atoms with Crippen molar-refractivity contribution in [1.82, 2.24) is 5.10 Å². The van der Waals surface area contributed by atoms with Crippen molar-refractivity contribution in [2.75, 3.05) is 7.11 Å². The van der Waals surface area contributed by atoms with Crippen molar-refractivity contribution in [3.8, 4) is 0 Å². The van der Waals surface area contributed by atoms with E-state index in [1.54, 1.807) is 21.5 Å².